The Morgan fingerprint density at radius 2 is 1.93 bits per heavy atom. The summed E-state index contributed by atoms with van der Waals surface area (Å²) in [5, 5.41) is 6.73. The van der Waals surface area contributed by atoms with Crippen LogP contribution < -0.4 is 4.74 Å². The lowest BCUT2D eigenvalue weighted by Crippen LogP contribution is -2.40. The predicted molar refractivity (Wildman–Crippen MR) is 116 cm³/mol. The third-order valence-corrected chi connectivity index (χ3v) is 6.61. The van der Waals surface area contributed by atoms with Crippen LogP contribution in [0.3, 0.4) is 0 Å². The maximum absolute atomic E-state index is 6.46. The van der Waals surface area contributed by atoms with Gasteiger partial charge < -0.3 is 9.64 Å². The Hall–Kier alpha value is -2.11. The second-order valence-electron chi connectivity index (χ2n) is 8.29. The van der Waals surface area contributed by atoms with Crippen molar-refractivity contribution in [2.24, 2.45) is 0 Å². The molecule has 29 heavy (non-hydrogen) atoms. The second kappa shape index (κ2) is 7.96. The predicted octanol–water partition coefficient (Wildman–Crippen LogP) is 4.82. The van der Waals surface area contributed by atoms with Crippen molar-refractivity contribution < 1.29 is 4.74 Å². The van der Waals surface area contributed by atoms with Crippen LogP contribution in [0.4, 0.5) is 0 Å². The Kier molecular flexibility index (Phi) is 5.18. The van der Waals surface area contributed by atoms with Gasteiger partial charge in [-0.15, -0.1) is 0 Å². The fraction of sp³-hybridized carbons (Fsp3) is 0.478. The SMILES string of the molecule is CN1CCCCC1COc1c2cnc3c(c2nn1-c1ccc(Cl)cc1)CCCC3. The van der Waals surface area contributed by atoms with E-state index in [1.807, 2.05) is 35.1 Å². The summed E-state index contributed by atoms with van der Waals surface area (Å²) < 4.78 is 8.39. The molecule has 3 heterocycles. The van der Waals surface area contributed by atoms with E-state index < -0.39 is 0 Å². The van der Waals surface area contributed by atoms with Gasteiger partial charge in [0.15, 0.2) is 0 Å². The van der Waals surface area contributed by atoms with Crippen molar-refractivity contribution in [2.45, 2.75) is 51.0 Å². The average molecular weight is 411 g/mol. The van der Waals surface area contributed by atoms with Crippen LogP contribution in [0.15, 0.2) is 30.5 Å². The summed E-state index contributed by atoms with van der Waals surface area (Å²) in [6.45, 7) is 1.81. The van der Waals surface area contributed by atoms with Crippen molar-refractivity contribution in [3.63, 3.8) is 0 Å². The largest absolute Gasteiger partial charge is 0.475 e. The molecule has 1 unspecified atom stereocenters. The van der Waals surface area contributed by atoms with E-state index in [4.69, 9.17) is 26.4 Å². The lowest BCUT2D eigenvalue weighted by atomic mass is 9.95. The molecule has 1 aliphatic carbocycles. The summed E-state index contributed by atoms with van der Waals surface area (Å²) in [6, 6.07) is 8.23. The number of fused-ring (bicyclic) bond motifs is 3. The van der Waals surface area contributed by atoms with Gasteiger partial charge in [0.2, 0.25) is 5.88 Å². The van der Waals surface area contributed by atoms with Crippen molar-refractivity contribution >= 4 is 22.5 Å². The van der Waals surface area contributed by atoms with Gasteiger partial charge in [-0.25, -0.2) is 0 Å². The number of aryl methyl sites for hydroxylation is 2. The van der Waals surface area contributed by atoms with Gasteiger partial charge in [-0.1, -0.05) is 18.0 Å². The number of ether oxygens (including phenoxy) is 1. The number of rotatable bonds is 4. The van der Waals surface area contributed by atoms with E-state index in [0.29, 0.717) is 12.6 Å². The lowest BCUT2D eigenvalue weighted by molar-refractivity contribution is 0.122. The third kappa shape index (κ3) is 3.62. The first kappa shape index (κ1) is 18.9. The molecule has 1 aromatic carbocycles. The van der Waals surface area contributed by atoms with E-state index in [9.17, 15) is 0 Å². The molecule has 1 atom stereocenters. The Morgan fingerprint density at radius 1 is 1.10 bits per heavy atom. The van der Waals surface area contributed by atoms with Crippen LogP contribution in [-0.4, -0.2) is 45.9 Å². The Morgan fingerprint density at radius 3 is 2.76 bits per heavy atom. The monoisotopic (exact) mass is 410 g/mol. The fourth-order valence-electron chi connectivity index (χ4n) is 4.61. The lowest BCUT2D eigenvalue weighted by Gasteiger charge is -2.32. The number of pyridine rings is 1. The first-order valence-corrected chi connectivity index (χ1v) is 11.1. The standard InChI is InChI=1S/C23H27ClN4O/c1-27-13-5-4-6-18(27)15-29-23-20-14-25-21-8-3-2-7-19(21)22(20)26-28(23)17-11-9-16(24)10-12-17/h9-12,14,18H,2-8,13,15H2,1H3. The number of likely N-dealkylation sites (tertiary alicyclic amines) is 1. The molecule has 5 nitrogen and oxygen atoms in total. The number of nitrogens with zero attached hydrogens (tertiary/aromatic N) is 4. The highest BCUT2D eigenvalue weighted by Crippen LogP contribution is 2.34. The van der Waals surface area contributed by atoms with Crippen LogP contribution >= 0.6 is 11.6 Å². The van der Waals surface area contributed by atoms with E-state index in [0.717, 1.165) is 46.9 Å². The quantitative estimate of drug-likeness (QED) is 0.618. The minimum absolute atomic E-state index is 0.443. The van der Waals surface area contributed by atoms with Crippen LogP contribution in [0.5, 0.6) is 5.88 Å². The van der Waals surface area contributed by atoms with Gasteiger partial charge in [0.1, 0.15) is 12.1 Å². The summed E-state index contributed by atoms with van der Waals surface area (Å²) in [7, 11) is 2.19. The molecule has 0 N–H and O–H groups in total. The number of halogens is 1. The van der Waals surface area contributed by atoms with Gasteiger partial charge in [0, 0.05) is 28.5 Å². The molecular formula is C23H27ClN4O. The van der Waals surface area contributed by atoms with Crippen molar-refractivity contribution in [3.8, 4) is 11.6 Å². The molecule has 2 aromatic heterocycles. The summed E-state index contributed by atoms with van der Waals surface area (Å²) in [6.07, 6.45) is 10.2. The molecule has 0 radical (unpaired) electrons. The smallest absolute Gasteiger partial charge is 0.226 e. The highest BCUT2D eigenvalue weighted by Gasteiger charge is 2.24. The molecule has 0 spiro atoms. The number of aromatic nitrogens is 3. The van der Waals surface area contributed by atoms with Crippen LogP contribution in [0.1, 0.15) is 43.4 Å². The molecule has 5 rings (SSSR count). The first-order chi connectivity index (χ1) is 14.2. The van der Waals surface area contributed by atoms with Crippen LogP contribution in [0.25, 0.3) is 16.6 Å². The van der Waals surface area contributed by atoms with Gasteiger partial charge >= 0.3 is 0 Å². The first-order valence-electron chi connectivity index (χ1n) is 10.7. The van der Waals surface area contributed by atoms with Crippen molar-refractivity contribution in [1.82, 2.24) is 19.7 Å². The van der Waals surface area contributed by atoms with E-state index in [2.05, 4.69) is 11.9 Å². The van der Waals surface area contributed by atoms with E-state index in [1.165, 1.54) is 43.4 Å². The third-order valence-electron chi connectivity index (χ3n) is 6.36. The normalized spacial score (nSPS) is 20.0. The van der Waals surface area contributed by atoms with Crippen LogP contribution in [0.2, 0.25) is 5.02 Å². The molecular weight excluding hydrogens is 384 g/mol. The van der Waals surface area contributed by atoms with E-state index >= 15 is 0 Å². The number of likely N-dealkylation sites (N-methyl/N-ethyl adjacent to an activating group) is 1. The number of hydrogen-bond donors (Lipinski definition) is 0. The molecule has 1 saturated heterocycles. The van der Waals surface area contributed by atoms with Crippen molar-refractivity contribution in [2.75, 3.05) is 20.2 Å². The fourth-order valence-corrected chi connectivity index (χ4v) is 4.74. The van der Waals surface area contributed by atoms with Gasteiger partial charge in [0.25, 0.3) is 0 Å². The summed E-state index contributed by atoms with van der Waals surface area (Å²) in [5.74, 6) is 0.794. The van der Waals surface area contributed by atoms with Crippen LogP contribution in [0, 0.1) is 0 Å². The maximum Gasteiger partial charge on any atom is 0.226 e. The molecule has 0 bridgehead atoms. The topological polar surface area (TPSA) is 43.2 Å². The van der Waals surface area contributed by atoms with Gasteiger partial charge in [0.05, 0.1) is 11.1 Å². The van der Waals surface area contributed by atoms with Crippen LogP contribution in [-0.2, 0) is 12.8 Å². The summed E-state index contributed by atoms with van der Waals surface area (Å²) >= 11 is 6.11. The number of hydrogen-bond acceptors (Lipinski definition) is 4. The second-order valence-corrected chi connectivity index (χ2v) is 8.72. The average Bonchev–Trinajstić information content (AvgIpc) is 3.13. The van der Waals surface area contributed by atoms with Crippen molar-refractivity contribution in [1.29, 1.82) is 0 Å². The molecule has 152 valence electrons. The highest BCUT2D eigenvalue weighted by molar-refractivity contribution is 6.30. The Balaban J connectivity index is 1.57. The molecule has 2 aliphatic rings. The van der Waals surface area contributed by atoms with Gasteiger partial charge in [-0.3, -0.25) is 4.98 Å². The van der Waals surface area contributed by atoms with Gasteiger partial charge in [-0.2, -0.15) is 9.78 Å². The highest BCUT2D eigenvalue weighted by atomic mass is 35.5. The van der Waals surface area contributed by atoms with E-state index in [1.54, 1.807) is 0 Å². The Labute approximate surface area is 176 Å². The summed E-state index contributed by atoms with van der Waals surface area (Å²) in [4.78, 5) is 7.19. The molecule has 1 fully saturated rings. The molecule has 1 aliphatic heterocycles. The minimum atomic E-state index is 0.443. The zero-order valence-electron chi connectivity index (χ0n) is 16.9. The zero-order valence-corrected chi connectivity index (χ0v) is 17.7. The molecule has 6 heteroatoms. The number of piperidine rings is 1. The minimum Gasteiger partial charge on any atom is -0.475 e. The number of benzene rings is 1. The zero-order chi connectivity index (χ0) is 19.8. The van der Waals surface area contributed by atoms with E-state index in [-0.39, 0.29) is 0 Å². The molecule has 0 amide bonds. The molecule has 3 aromatic rings. The Bertz CT molecular complexity index is 1010. The van der Waals surface area contributed by atoms with Gasteiger partial charge in [-0.05, 0) is 76.4 Å². The molecule has 0 saturated carbocycles. The maximum atomic E-state index is 6.46. The van der Waals surface area contributed by atoms with Crippen molar-refractivity contribution in [3.05, 3.63) is 46.7 Å². The summed E-state index contributed by atoms with van der Waals surface area (Å²) in [5.41, 5.74) is 4.49.